The lowest BCUT2D eigenvalue weighted by atomic mass is 10.0. The number of hydrogen-bond donors (Lipinski definition) is 0. The molecule has 0 atom stereocenters. The van der Waals surface area contributed by atoms with Gasteiger partial charge in [0.05, 0.1) is 16.7 Å². The fraction of sp³-hybridized carbons (Fsp3) is 0. The number of fused-ring (bicyclic) bond motifs is 9. The van der Waals surface area contributed by atoms with Gasteiger partial charge in [0.15, 0.2) is 5.82 Å². The summed E-state index contributed by atoms with van der Waals surface area (Å²) >= 11 is 1.85. The molecule has 0 saturated carbocycles. The van der Waals surface area contributed by atoms with Crippen LogP contribution in [0.3, 0.4) is 0 Å². The second kappa shape index (κ2) is 11.0. The Morgan fingerprint density at radius 2 is 1.16 bits per heavy atom. The minimum atomic E-state index is 0.656. The van der Waals surface area contributed by atoms with Gasteiger partial charge in [-0.2, -0.15) is 0 Å². The van der Waals surface area contributed by atoms with Crippen molar-refractivity contribution in [2.45, 2.75) is 0 Å². The SMILES string of the molecule is c1ccc(-c2ccc(-c3nc(-c4cccc5c4oc4ccccc45)cc(-n4c5ccccc5c5cc6sc7ccccc7c6cc54)n3)cc2)cc1. The van der Waals surface area contributed by atoms with E-state index in [1.54, 1.807) is 0 Å². The average molecular weight is 670 g/mol. The first-order valence-electron chi connectivity index (χ1n) is 17.1. The van der Waals surface area contributed by atoms with Gasteiger partial charge in [-0.15, -0.1) is 11.3 Å². The average Bonchev–Trinajstić information content (AvgIpc) is 3.86. The predicted molar refractivity (Wildman–Crippen MR) is 213 cm³/mol. The summed E-state index contributed by atoms with van der Waals surface area (Å²) in [6.45, 7) is 0. The highest BCUT2D eigenvalue weighted by Crippen LogP contribution is 2.42. The number of furan rings is 1. The van der Waals surface area contributed by atoms with Crippen molar-refractivity contribution in [1.82, 2.24) is 14.5 Å². The second-order valence-corrected chi connectivity index (χ2v) is 14.1. The summed E-state index contributed by atoms with van der Waals surface area (Å²) in [4.78, 5) is 10.6. The van der Waals surface area contributed by atoms with Crippen LogP contribution in [-0.4, -0.2) is 14.5 Å². The number of thiophene rings is 1. The Morgan fingerprint density at radius 3 is 2.04 bits per heavy atom. The summed E-state index contributed by atoms with van der Waals surface area (Å²) in [5.74, 6) is 1.46. The van der Waals surface area contributed by atoms with E-state index in [2.05, 4.69) is 150 Å². The molecular formula is C46H27N3OS. The lowest BCUT2D eigenvalue weighted by molar-refractivity contribution is 0.670. The molecule has 4 nitrogen and oxygen atoms in total. The number of benzene rings is 7. The minimum absolute atomic E-state index is 0.656. The lowest BCUT2D eigenvalue weighted by Crippen LogP contribution is -2.02. The molecule has 0 aliphatic rings. The molecule has 11 rings (SSSR count). The molecule has 0 aliphatic heterocycles. The van der Waals surface area contributed by atoms with Gasteiger partial charge in [0.2, 0.25) is 0 Å². The molecule has 0 radical (unpaired) electrons. The highest BCUT2D eigenvalue weighted by Gasteiger charge is 2.20. The van der Waals surface area contributed by atoms with Crippen LogP contribution in [0.4, 0.5) is 0 Å². The molecule has 0 saturated heterocycles. The van der Waals surface area contributed by atoms with E-state index in [1.165, 1.54) is 36.5 Å². The second-order valence-electron chi connectivity index (χ2n) is 13.0. The van der Waals surface area contributed by atoms with Gasteiger partial charge in [0.1, 0.15) is 17.0 Å². The third-order valence-electron chi connectivity index (χ3n) is 10.0. The molecule has 0 fully saturated rings. The van der Waals surface area contributed by atoms with Crippen molar-refractivity contribution >= 4 is 75.3 Å². The summed E-state index contributed by atoms with van der Waals surface area (Å²) in [6, 6.07) is 57.7. The highest BCUT2D eigenvalue weighted by molar-refractivity contribution is 7.25. The Labute approximate surface area is 296 Å². The highest BCUT2D eigenvalue weighted by atomic mass is 32.1. The molecule has 0 spiro atoms. The lowest BCUT2D eigenvalue weighted by Gasteiger charge is -2.13. The zero-order valence-electron chi connectivity index (χ0n) is 27.2. The van der Waals surface area contributed by atoms with E-state index in [9.17, 15) is 0 Å². The van der Waals surface area contributed by atoms with Gasteiger partial charge >= 0.3 is 0 Å². The van der Waals surface area contributed by atoms with E-state index in [1.807, 2.05) is 29.5 Å². The van der Waals surface area contributed by atoms with Crippen molar-refractivity contribution in [3.8, 4) is 39.6 Å². The van der Waals surface area contributed by atoms with Gasteiger partial charge < -0.3 is 4.42 Å². The van der Waals surface area contributed by atoms with Crippen LogP contribution >= 0.6 is 11.3 Å². The summed E-state index contributed by atoms with van der Waals surface area (Å²) in [5.41, 5.74) is 8.91. The van der Waals surface area contributed by atoms with E-state index >= 15 is 0 Å². The molecule has 4 heterocycles. The molecule has 4 aromatic heterocycles. The molecule has 0 N–H and O–H groups in total. The Bertz CT molecular complexity index is 3130. The zero-order valence-corrected chi connectivity index (χ0v) is 28.1. The van der Waals surface area contributed by atoms with Crippen LogP contribution < -0.4 is 0 Å². The van der Waals surface area contributed by atoms with Crippen molar-refractivity contribution in [3.05, 3.63) is 164 Å². The largest absolute Gasteiger partial charge is 0.455 e. The number of rotatable bonds is 4. The van der Waals surface area contributed by atoms with Gasteiger partial charge in [0, 0.05) is 58.9 Å². The molecule has 0 amide bonds. The van der Waals surface area contributed by atoms with Crippen LogP contribution in [0.15, 0.2) is 168 Å². The molecule has 0 aliphatic carbocycles. The Balaban J connectivity index is 1.20. The Kier molecular flexibility index (Phi) is 6.09. The van der Waals surface area contributed by atoms with E-state index < -0.39 is 0 Å². The van der Waals surface area contributed by atoms with Crippen LogP contribution in [0.5, 0.6) is 0 Å². The summed E-state index contributed by atoms with van der Waals surface area (Å²) < 4.78 is 11.4. The van der Waals surface area contributed by atoms with E-state index in [0.717, 1.165) is 61.2 Å². The first kappa shape index (κ1) is 28.3. The van der Waals surface area contributed by atoms with Crippen molar-refractivity contribution in [3.63, 3.8) is 0 Å². The third kappa shape index (κ3) is 4.38. The van der Waals surface area contributed by atoms with Crippen molar-refractivity contribution in [2.75, 3.05) is 0 Å². The van der Waals surface area contributed by atoms with Crippen molar-refractivity contribution in [1.29, 1.82) is 0 Å². The smallest absolute Gasteiger partial charge is 0.162 e. The fourth-order valence-corrected chi connectivity index (χ4v) is 8.77. The van der Waals surface area contributed by atoms with Crippen LogP contribution in [0.25, 0.3) is 104 Å². The van der Waals surface area contributed by atoms with Crippen LogP contribution in [-0.2, 0) is 0 Å². The van der Waals surface area contributed by atoms with Crippen LogP contribution in [0, 0.1) is 0 Å². The standard InChI is InChI=1S/C46H27N3OS/c1-2-11-28(12-3-1)29-21-23-30(24-22-29)46-47-38(35-17-10-16-34-32-14-5-8-19-41(32)50-45(34)35)27-44(48-46)49-39-18-7-4-13-31(39)36-26-43-37(25-40(36)49)33-15-6-9-20-42(33)51-43/h1-27H. The van der Waals surface area contributed by atoms with Crippen molar-refractivity contribution < 1.29 is 4.42 Å². The molecule has 7 aromatic carbocycles. The predicted octanol–water partition coefficient (Wildman–Crippen LogP) is 12.8. The topological polar surface area (TPSA) is 43.9 Å². The number of aromatic nitrogens is 3. The van der Waals surface area contributed by atoms with Crippen molar-refractivity contribution in [2.24, 2.45) is 0 Å². The normalized spacial score (nSPS) is 11.9. The minimum Gasteiger partial charge on any atom is -0.455 e. The third-order valence-corrected chi connectivity index (χ3v) is 11.2. The van der Waals surface area contributed by atoms with Gasteiger partial charge in [-0.25, -0.2) is 9.97 Å². The molecule has 238 valence electrons. The molecule has 11 aromatic rings. The number of nitrogens with zero attached hydrogens (tertiary/aromatic N) is 3. The summed E-state index contributed by atoms with van der Waals surface area (Å²) in [6.07, 6.45) is 0. The summed E-state index contributed by atoms with van der Waals surface area (Å²) in [5, 5.41) is 7.09. The van der Waals surface area contributed by atoms with Crippen LogP contribution in [0.1, 0.15) is 0 Å². The maximum Gasteiger partial charge on any atom is 0.162 e. The van der Waals surface area contributed by atoms with Gasteiger partial charge in [-0.05, 0) is 47.5 Å². The van der Waals surface area contributed by atoms with Crippen LogP contribution in [0.2, 0.25) is 0 Å². The Morgan fingerprint density at radius 1 is 0.451 bits per heavy atom. The Hall–Kier alpha value is -6.56. The van der Waals surface area contributed by atoms with E-state index in [0.29, 0.717) is 5.82 Å². The summed E-state index contributed by atoms with van der Waals surface area (Å²) in [7, 11) is 0. The first-order valence-corrected chi connectivity index (χ1v) is 17.9. The number of hydrogen-bond acceptors (Lipinski definition) is 4. The molecular weight excluding hydrogens is 643 g/mol. The first-order chi connectivity index (χ1) is 25.3. The quantitative estimate of drug-likeness (QED) is 0.187. The maximum absolute atomic E-state index is 6.53. The fourth-order valence-electron chi connectivity index (χ4n) is 7.64. The maximum atomic E-state index is 6.53. The van der Waals surface area contributed by atoms with Gasteiger partial charge in [-0.3, -0.25) is 4.57 Å². The van der Waals surface area contributed by atoms with Gasteiger partial charge in [-0.1, -0.05) is 121 Å². The molecule has 0 unspecified atom stereocenters. The van der Waals surface area contributed by atoms with E-state index in [4.69, 9.17) is 14.4 Å². The number of para-hydroxylation sites is 3. The van der Waals surface area contributed by atoms with Gasteiger partial charge in [0.25, 0.3) is 0 Å². The molecule has 51 heavy (non-hydrogen) atoms. The molecule has 5 heteroatoms. The monoisotopic (exact) mass is 669 g/mol. The van der Waals surface area contributed by atoms with E-state index in [-0.39, 0.29) is 0 Å². The zero-order chi connectivity index (χ0) is 33.5. The molecule has 0 bridgehead atoms.